The van der Waals surface area contributed by atoms with Gasteiger partial charge in [-0.15, -0.1) is 0 Å². The third-order valence-corrected chi connectivity index (χ3v) is 2.48. The van der Waals surface area contributed by atoms with Crippen molar-refractivity contribution >= 4 is 17.2 Å². The maximum Gasteiger partial charge on any atom is 0.122 e. The van der Waals surface area contributed by atoms with Gasteiger partial charge in [0.15, 0.2) is 0 Å². The van der Waals surface area contributed by atoms with Gasteiger partial charge in [0.25, 0.3) is 0 Å². The molecule has 0 fully saturated rings. The normalized spacial score (nSPS) is 12.1. The zero-order valence-corrected chi connectivity index (χ0v) is 10.0. The van der Waals surface area contributed by atoms with Crippen LogP contribution in [0.5, 0.6) is 5.75 Å². The number of thiocarbonyl (C=S) groups is 1. The minimum absolute atomic E-state index is 0.457. The summed E-state index contributed by atoms with van der Waals surface area (Å²) >= 11 is 4.90. The smallest absolute Gasteiger partial charge is 0.122 e. The highest BCUT2D eigenvalue weighted by molar-refractivity contribution is 7.80. The zero-order chi connectivity index (χ0) is 11.3. The van der Waals surface area contributed by atoms with Crippen molar-refractivity contribution in [2.75, 3.05) is 7.11 Å². The molecule has 2 nitrogen and oxygen atoms in total. The molecule has 0 saturated heterocycles. The van der Waals surface area contributed by atoms with E-state index in [0.717, 1.165) is 18.6 Å². The number of para-hydroxylation sites is 1. The van der Waals surface area contributed by atoms with Crippen LogP contribution in [0.3, 0.4) is 0 Å². The molecule has 1 aromatic carbocycles. The monoisotopic (exact) mass is 223 g/mol. The number of nitrogens with two attached hydrogens (primary N) is 1. The van der Waals surface area contributed by atoms with Gasteiger partial charge in [0.1, 0.15) is 5.75 Å². The number of ether oxygens (including phenoxy) is 1. The lowest BCUT2D eigenvalue weighted by atomic mass is 9.97. The first-order chi connectivity index (χ1) is 7.13. The van der Waals surface area contributed by atoms with E-state index in [4.69, 9.17) is 22.7 Å². The second-order valence-corrected chi connectivity index (χ2v) is 4.32. The topological polar surface area (TPSA) is 35.2 Å². The Kier molecular flexibility index (Phi) is 4.56. The van der Waals surface area contributed by atoms with E-state index in [9.17, 15) is 0 Å². The molecule has 3 heteroatoms. The Morgan fingerprint density at radius 3 is 2.73 bits per heavy atom. The Morgan fingerprint density at radius 1 is 1.47 bits per heavy atom. The number of rotatable bonds is 5. The van der Waals surface area contributed by atoms with Gasteiger partial charge in [-0.2, -0.15) is 0 Å². The lowest BCUT2D eigenvalue weighted by Crippen LogP contribution is -2.14. The second-order valence-electron chi connectivity index (χ2n) is 3.79. The van der Waals surface area contributed by atoms with Gasteiger partial charge in [0, 0.05) is 6.42 Å². The summed E-state index contributed by atoms with van der Waals surface area (Å²) in [5.74, 6) is 1.39. The quantitative estimate of drug-likeness (QED) is 0.779. The summed E-state index contributed by atoms with van der Waals surface area (Å²) in [6.07, 6.45) is 1.73. The van der Waals surface area contributed by atoms with E-state index in [2.05, 4.69) is 13.0 Å². The van der Waals surface area contributed by atoms with E-state index in [1.165, 1.54) is 5.56 Å². The van der Waals surface area contributed by atoms with Crippen LogP contribution in [0.25, 0.3) is 0 Å². The number of benzene rings is 1. The van der Waals surface area contributed by atoms with E-state index in [1.54, 1.807) is 7.11 Å². The fourth-order valence-electron chi connectivity index (χ4n) is 1.66. The molecule has 0 aliphatic heterocycles. The van der Waals surface area contributed by atoms with E-state index in [0.29, 0.717) is 10.9 Å². The van der Waals surface area contributed by atoms with E-state index >= 15 is 0 Å². The summed E-state index contributed by atoms with van der Waals surface area (Å²) in [5, 5.41) is 0. The molecule has 0 bridgehead atoms. The summed E-state index contributed by atoms with van der Waals surface area (Å²) in [7, 11) is 1.69. The molecule has 1 rings (SSSR count). The third-order valence-electron chi connectivity index (χ3n) is 2.31. The molecule has 0 radical (unpaired) electrons. The number of hydrogen-bond donors (Lipinski definition) is 1. The van der Waals surface area contributed by atoms with Crippen LogP contribution in [0, 0.1) is 5.92 Å². The predicted octanol–water partition coefficient (Wildman–Crippen LogP) is 2.55. The molecule has 0 aliphatic carbocycles. The first-order valence-corrected chi connectivity index (χ1v) is 5.44. The van der Waals surface area contributed by atoms with Crippen molar-refractivity contribution in [1.82, 2.24) is 0 Å². The molecule has 0 aliphatic rings. The molecule has 1 atom stereocenters. The number of hydrogen-bond acceptors (Lipinski definition) is 2. The Hall–Kier alpha value is -1.09. The fraction of sp³-hybridized carbons (Fsp3) is 0.417. The highest BCUT2D eigenvalue weighted by Gasteiger charge is 2.08. The Morgan fingerprint density at radius 2 is 2.13 bits per heavy atom. The Bertz CT molecular complexity index is 338. The summed E-state index contributed by atoms with van der Waals surface area (Å²) in [6, 6.07) is 8.05. The van der Waals surface area contributed by atoms with Crippen LogP contribution < -0.4 is 10.5 Å². The molecule has 0 amide bonds. The molecular weight excluding hydrogens is 206 g/mol. The average Bonchev–Trinajstić information content (AvgIpc) is 2.17. The van der Waals surface area contributed by atoms with Crippen molar-refractivity contribution in [3.05, 3.63) is 29.8 Å². The highest BCUT2D eigenvalue weighted by atomic mass is 32.1. The van der Waals surface area contributed by atoms with Crippen LogP contribution >= 0.6 is 12.2 Å². The largest absolute Gasteiger partial charge is 0.496 e. The van der Waals surface area contributed by atoms with Crippen molar-refractivity contribution in [3.63, 3.8) is 0 Å². The van der Waals surface area contributed by atoms with Gasteiger partial charge in [-0.1, -0.05) is 37.3 Å². The van der Waals surface area contributed by atoms with E-state index < -0.39 is 0 Å². The van der Waals surface area contributed by atoms with Crippen LogP contribution in [0.2, 0.25) is 0 Å². The van der Waals surface area contributed by atoms with Gasteiger partial charge in [-0.25, -0.2) is 0 Å². The second kappa shape index (κ2) is 5.71. The van der Waals surface area contributed by atoms with Crippen LogP contribution in [0.4, 0.5) is 0 Å². The fourth-order valence-corrected chi connectivity index (χ4v) is 1.95. The minimum atomic E-state index is 0.457. The van der Waals surface area contributed by atoms with Crippen LogP contribution in [0.15, 0.2) is 24.3 Å². The maximum atomic E-state index is 5.52. The molecule has 1 unspecified atom stereocenters. The predicted molar refractivity (Wildman–Crippen MR) is 67.3 cm³/mol. The van der Waals surface area contributed by atoms with E-state index in [-0.39, 0.29) is 0 Å². The molecular formula is C12H17NOS. The van der Waals surface area contributed by atoms with Crippen molar-refractivity contribution < 1.29 is 4.74 Å². The van der Waals surface area contributed by atoms with Gasteiger partial charge in [-0.05, 0) is 24.0 Å². The molecule has 0 aromatic heterocycles. The van der Waals surface area contributed by atoms with Crippen LogP contribution in [-0.4, -0.2) is 12.1 Å². The molecule has 82 valence electrons. The van der Waals surface area contributed by atoms with Crippen LogP contribution in [-0.2, 0) is 6.42 Å². The van der Waals surface area contributed by atoms with Gasteiger partial charge in [0.05, 0.1) is 12.1 Å². The van der Waals surface area contributed by atoms with Crippen LogP contribution in [0.1, 0.15) is 18.9 Å². The summed E-state index contributed by atoms with van der Waals surface area (Å²) in [6.45, 7) is 2.14. The molecule has 0 spiro atoms. The van der Waals surface area contributed by atoms with Crippen molar-refractivity contribution in [3.8, 4) is 5.75 Å². The van der Waals surface area contributed by atoms with Crippen molar-refractivity contribution in [2.45, 2.75) is 19.8 Å². The molecule has 0 heterocycles. The molecule has 2 N–H and O–H groups in total. The van der Waals surface area contributed by atoms with Gasteiger partial charge in [-0.3, -0.25) is 0 Å². The van der Waals surface area contributed by atoms with Crippen molar-refractivity contribution in [2.24, 2.45) is 11.7 Å². The molecule has 15 heavy (non-hydrogen) atoms. The number of methoxy groups -OCH3 is 1. The summed E-state index contributed by atoms with van der Waals surface area (Å²) in [4.78, 5) is 0.581. The zero-order valence-electron chi connectivity index (χ0n) is 9.19. The third kappa shape index (κ3) is 3.88. The SMILES string of the molecule is COc1ccccc1CC(C)CC(N)=S. The summed E-state index contributed by atoms with van der Waals surface area (Å²) in [5.41, 5.74) is 6.73. The molecule has 0 saturated carbocycles. The Balaban J connectivity index is 2.67. The standard InChI is InChI=1S/C12H17NOS/c1-9(8-12(13)15)7-10-5-3-4-6-11(10)14-2/h3-6,9H,7-8H2,1-2H3,(H2,13,15). The lowest BCUT2D eigenvalue weighted by Gasteiger charge is -2.13. The summed E-state index contributed by atoms with van der Waals surface area (Å²) < 4.78 is 5.29. The van der Waals surface area contributed by atoms with E-state index in [1.807, 2.05) is 18.2 Å². The van der Waals surface area contributed by atoms with Gasteiger partial charge >= 0.3 is 0 Å². The molecule has 1 aromatic rings. The van der Waals surface area contributed by atoms with Crippen molar-refractivity contribution in [1.29, 1.82) is 0 Å². The van der Waals surface area contributed by atoms with Gasteiger partial charge < -0.3 is 10.5 Å². The van der Waals surface area contributed by atoms with Gasteiger partial charge in [0.2, 0.25) is 0 Å². The first kappa shape index (κ1) is 12.0. The average molecular weight is 223 g/mol. The Labute approximate surface area is 96.4 Å². The maximum absolute atomic E-state index is 5.52. The minimum Gasteiger partial charge on any atom is -0.496 e. The first-order valence-electron chi connectivity index (χ1n) is 5.03. The lowest BCUT2D eigenvalue weighted by molar-refractivity contribution is 0.406. The highest BCUT2D eigenvalue weighted by Crippen LogP contribution is 2.21.